The van der Waals surface area contributed by atoms with Gasteiger partial charge in [0, 0.05) is 5.56 Å². The van der Waals surface area contributed by atoms with Gasteiger partial charge >= 0.3 is 5.97 Å². The molecule has 0 saturated heterocycles. The summed E-state index contributed by atoms with van der Waals surface area (Å²) in [6.45, 7) is 3.48. The van der Waals surface area contributed by atoms with Crippen molar-refractivity contribution in [3.8, 4) is 0 Å². The highest BCUT2D eigenvalue weighted by Gasteiger charge is 2.22. The Bertz CT molecular complexity index is 628. The predicted octanol–water partition coefficient (Wildman–Crippen LogP) is 3.78. The second-order valence-electron chi connectivity index (χ2n) is 4.38. The second kappa shape index (κ2) is 6.05. The van der Waals surface area contributed by atoms with Gasteiger partial charge < -0.3 is 9.15 Å². The molecule has 4 nitrogen and oxygen atoms in total. The second-order valence-corrected chi connectivity index (χ2v) is 5.16. The molecule has 1 aromatic heterocycles. The Kier molecular flexibility index (Phi) is 4.39. The van der Waals surface area contributed by atoms with E-state index >= 15 is 0 Å². The van der Waals surface area contributed by atoms with E-state index in [4.69, 9.17) is 9.15 Å². The largest absolute Gasteiger partial charge is 0.448 e. The van der Waals surface area contributed by atoms with Crippen LogP contribution in [0.2, 0.25) is 0 Å². The molecule has 0 saturated carbocycles. The number of ether oxygens (including phenoxy) is 1. The van der Waals surface area contributed by atoms with Gasteiger partial charge in [0.15, 0.2) is 10.8 Å². The van der Waals surface area contributed by atoms with Crippen molar-refractivity contribution in [1.82, 2.24) is 0 Å². The van der Waals surface area contributed by atoms with Gasteiger partial charge in [0.2, 0.25) is 11.5 Å². The number of ketones is 1. The molecule has 1 aromatic carbocycles. The van der Waals surface area contributed by atoms with Crippen LogP contribution in [0.4, 0.5) is 0 Å². The van der Waals surface area contributed by atoms with Crippen LogP contribution in [-0.2, 0) is 4.74 Å². The number of hydrogen-bond acceptors (Lipinski definition) is 4. The first-order chi connectivity index (χ1) is 9.47. The van der Waals surface area contributed by atoms with Crippen molar-refractivity contribution >= 4 is 27.7 Å². The van der Waals surface area contributed by atoms with E-state index in [0.29, 0.717) is 10.2 Å². The zero-order valence-electron chi connectivity index (χ0n) is 11.1. The summed E-state index contributed by atoms with van der Waals surface area (Å²) < 4.78 is 10.6. The normalized spacial score (nSPS) is 11.9. The summed E-state index contributed by atoms with van der Waals surface area (Å²) in [6.07, 6.45) is -0.867. The minimum Gasteiger partial charge on any atom is -0.448 e. The van der Waals surface area contributed by atoms with Gasteiger partial charge in [0.25, 0.3) is 0 Å². The van der Waals surface area contributed by atoms with E-state index in [9.17, 15) is 9.59 Å². The average Bonchev–Trinajstić information content (AvgIpc) is 2.85. The van der Waals surface area contributed by atoms with Crippen molar-refractivity contribution in [2.45, 2.75) is 20.0 Å². The molecule has 0 spiro atoms. The lowest BCUT2D eigenvalue weighted by Crippen LogP contribution is -2.24. The zero-order chi connectivity index (χ0) is 14.7. The van der Waals surface area contributed by atoms with E-state index in [1.54, 1.807) is 18.2 Å². The fourth-order valence-electron chi connectivity index (χ4n) is 1.65. The van der Waals surface area contributed by atoms with Crippen LogP contribution in [0.15, 0.2) is 45.5 Å². The first-order valence-corrected chi connectivity index (χ1v) is 6.84. The molecule has 1 unspecified atom stereocenters. The van der Waals surface area contributed by atoms with Crippen molar-refractivity contribution in [2.24, 2.45) is 0 Å². The molecule has 0 aliphatic heterocycles. The van der Waals surface area contributed by atoms with Crippen LogP contribution < -0.4 is 0 Å². The minimum absolute atomic E-state index is 0.0560. The SMILES string of the molecule is Cc1ccc(C(=O)C(C)OC(=O)c2ccc(Br)o2)cc1. The number of carbonyl (C=O) groups excluding carboxylic acids is 2. The van der Waals surface area contributed by atoms with Gasteiger partial charge in [-0.05, 0) is 41.9 Å². The zero-order valence-corrected chi connectivity index (χ0v) is 12.6. The summed E-state index contributed by atoms with van der Waals surface area (Å²) >= 11 is 3.10. The molecule has 0 aliphatic carbocycles. The Morgan fingerprint density at radius 1 is 1.15 bits per heavy atom. The van der Waals surface area contributed by atoms with E-state index in [1.807, 2.05) is 19.1 Å². The number of Topliss-reactive ketones (excluding diaryl/α,β-unsaturated/α-hetero) is 1. The third kappa shape index (κ3) is 3.36. The summed E-state index contributed by atoms with van der Waals surface area (Å²) in [7, 11) is 0. The molecule has 2 rings (SSSR count). The lowest BCUT2D eigenvalue weighted by molar-refractivity contribution is 0.0288. The van der Waals surface area contributed by atoms with E-state index in [2.05, 4.69) is 15.9 Å². The highest BCUT2D eigenvalue weighted by atomic mass is 79.9. The van der Waals surface area contributed by atoms with Crippen molar-refractivity contribution in [3.05, 3.63) is 58.0 Å². The molecule has 5 heteroatoms. The minimum atomic E-state index is -0.867. The van der Waals surface area contributed by atoms with Gasteiger partial charge in [0.1, 0.15) is 0 Å². The van der Waals surface area contributed by atoms with Crippen LogP contribution >= 0.6 is 15.9 Å². The molecule has 0 N–H and O–H groups in total. The lowest BCUT2D eigenvalue weighted by atomic mass is 10.1. The van der Waals surface area contributed by atoms with E-state index in [0.717, 1.165) is 5.56 Å². The predicted molar refractivity (Wildman–Crippen MR) is 76.8 cm³/mol. The molecule has 0 aliphatic rings. The monoisotopic (exact) mass is 336 g/mol. The fraction of sp³-hybridized carbons (Fsp3) is 0.200. The standard InChI is InChI=1S/C15H13BrO4/c1-9-3-5-11(6-4-9)14(17)10(2)19-15(18)12-7-8-13(16)20-12/h3-8,10H,1-2H3. The molecular weight excluding hydrogens is 324 g/mol. The maximum absolute atomic E-state index is 12.1. The summed E-state index contributed by atoms with van der Waals surface area (Å²) in [5.74, 6) is -0.854. The number of rotatable bonds is 4. The van der Waals surface area contributed by atoms with E-state index in [-0.39, 0.29) is 11.5 Å². The number of aryl methyl sites for hydroxylation is 1. The molecule has 0 amide bonds. The molecule has 0 fully saturated rings. The molecular formula is C15H13BrO4. The number of carbonyl (C=O) groups is 2. The highest BCUT2D eigenvalue weighted by Crippen LogP contribution is 2.16. The molecule has 20 heavy (non-hydrogen) atoms. The summed E-state index contributed by atoms with van der Waals surface area (Å²) in [5, 5.41) is 0. The first-order valence-electron chi connectivity index (χ1n) is 6.04. The van der Waals surface area contributed by atoms with E-state index < -0.39 is 12.1 Å². The smallest absolute Gasteiger partial charge is 0.374 e. The Morgan fingerprint density at radius 2 is 1.80 bits per heavy atom. The Morgan fingerprint density at radius 3 is 2.35 bits per heavy atom. The summed E-state index contributed by atoms with van der Waals surface area (Å²) in [6, 6.07) is 10.2. The maximum atomic E-state index is 12.1. The highest BCUT2D eigenvalue weighted by molar-refractivity contribution is 9.10. The van der Waals surface area contributed by atoms with Crippen LogP contribution in [0.1, 0.15) is 33.4 Å². The van der Waals surface area contributed by atoms with Crippen LogP contribution in [0.5, 0.6) is 0 Å². The van der Waals surface area contributed by atoms with Crippen LogP contribution in [0, 0.1) is 6.92 Å². The quantitative estimate of drug-likeness (QED) is 0.629. The summed E-state index contributed by atoms with van der Waals surface area (Å²) in [5.41, 5.74) is 1.57. The summed E-state index contributed by atoms with van der Waals surface area (Å²) in [4.78, 5) is 23.9. The van der Waals surface area contributed by atoms with Crippen molar-refractivity contribution < 1.29 is 18.7 Å². The molecule has 1 heterocycles. The van der Waals surface area contributed by atoms with Crippen molar-refractivity contribution in [3.63, 3.8) is 0 Å². The third-order valence-electron chi connectivity index (χ3n) is 2.76. The van der Waals surface area contributed by atoms with E-state index in [1.165, 1.54) is 13.0 Å². The third-order valence-corrected chi connectivity index (χ3v) is 3.19. The Hall–Kier alpha value is -1.88. The van der Waals surface area contributed by atoms with Gasteiger partial charge in [-0.15, -0.1) is 0 Å². The van der Waals surface area contributed by atoms with Crippen LogP contribution in [0.25, 0.3) is 0 Å². The van der Waals surface area contributed by atoms with Gasteiger partial charge in [-0.3, -0.25) is 4.79 Å². The molecule has 0 radical (unpaired) electrons. The van der Waals surface area contributed by atoms with Crippen molar-refractivity contribution in [1.29, 1.82) is 0 Å². The van der Waals surface area contributed by atoms with Crippen LogP contribution in [0.3, 0.4) is 0 Å². The molecule has 1 atom stereocenters. The number of esters is 1. The molecule has 0 bridgehead atoms. The fourth-order valence-corrected chi connectivity index (χ4v) is 1.96. The molecule has 104 valence electrons. The lowest BCUT2D eigenvalue weighted by Gasteiger charge is -2.11. The first kappa shape index (κ1) is 14.5. The number of benzene rings is 1. The average molecular weight is 337 g/mol. The topological polar surface area (TPSA) is 56.5 Å². The van der Waals surface area contributed by atoms with Gasteiger partial charge in [-0.2, -0.15) is 0 Å². The van der Waals surface area contributed by atoms with Gasteiger partial charge in [-0.25, -0.2) is 4.79 Å². The number of hydrogen-bond donors (Lipinski definition) is 0. The Labute approximate surface area is 124 Å². The van der Waals surface area contributed by atoms with Gasteiger partial charge in [-0.1, -0.05) is 29.8 Å². The molecule has 2 aromatic rings. The van der Waals surface area contributed by atoms with Crippen LogP contribution in [-0.4, -0.2) is 17.9 Å². The van der Waals surface area contributed by atoms with Crippen molar-refractivity contribution in [2.75, 3.05) is 0 Å². The number of halogens is 1. The Balaban J connectivity index is 2.04. The van der Waals surface area contributed by atoms with Gasteiger partial charge in [0.05, 0.1) is 0 Å². The number of furan rings is 1. The maximum Gasteiger partial charge on any atom is 0.374 e.